The van der Waals surface area contributed by atoms with Gasteiger partial charge in [0.2, 0.25) is 15.9 Å². The lowest BCUT2D eigenvalue weighted by Crippen LogP contribution is -2.42. The minimum absolute atomic E-state index is 0.0964. The summed E-state index contributed by atoms with van der Waals surface area (Å²) in [5.74, 6) is 0.903. The first-order valence-electron chi connectivity index (χ1n) is 12.2. The Balaban J connectivity index is 1.60. The number of benzene rings is 2. The van der Waals surface area contributed by atoms with Gasteiger partial charge in [-0.1, -0.05) is 32.0 Å². The third kappa shape index (κ3) is 4.36. The summed E-state index contributed by atoms with van der Waals surface area (Å²) < 4.78 is 29.4. The lowest BCUT2D eigenvalue weighted by molar-refractivity contribution is -0.119. The zero-order chi connectivity index (χ0) is 24.5. The second kappa shape index (κ2) is 9.88. The Bertz CT molecular complexity index is 1290. The second-order valence-corrected chi connectivity index (χ2v) is 10.7. The number of para-hydroxylation sites is 1. The van der Waals surface area contributed by atoms with E-state index in [1.165, 1.54) is 9.87 Å². The average molecular weight is 483 g/mol. The van der Waals surface area contributed by atoms with Gasteiger partial charge in [0.25, 0.3) is 0 Å². The Kier molecular flexibility index (Phi) is 7.09. The van der Waals surface area contributed by atoms with E-state index in [1.54, 1.807) is 12.1 Å². The number of sulfonamides is 1. The monoisotopic (exact) mass is 482 g/mol. The predicted octanol–water partition coefficient (Wildman–Crippen LogP) is 4.39. The minimum Gasteiger partial charge on any atom is -0.328 e. The maximum absolute atomic E-state index is 13.3. The van der Waals surface area contributed by atoms with Crippen molar-refractivity contribution >= 4 is 32.7 Å². The summed E-state index contributed by atoms with van der Waals surface area (Å²) in [6.07, 6.45) is 2.81. The van der Waals surface area contributed by atoms with Gasteiger partial charge in [-0.15, -0.1) is 0 Å². The van der Waals surface area contributed by atoms with E-state index in [2.05, 4.69) is 17.6 Å². The van der Waals surface area contributed by atoms with Crippen LogP contribution < -0.4 is 4.90 Å². The van der Waals surface area contributed by atoms with Gasteiger partial charge in [0.15, 0.2) is 0 Å². The van der Waals surface area contributed by atoms with Crippen LogP contribution in [0.15, 0.2) is 47.4 Å². The predicted molar refractivity (Wildman–Crippen MR) is 136 cm³/mol. The van der Waals surface area contributed by atoms with Crippen molar-refractivity contribution in [2.45, 2.75) is 70.9 Å². The van der Waals surface area contributed by atoms with Crippen LogP contribution in [0.25, 0.3) is 11.0 Å². The molecule has 0 radical (unpaired) electrons. The van der Waals surface area contributed by atoms with Crippen molar-refractivity contribution in [1.29, 1.82) is 0 Å². The molecule has 2 heterocycles. The highest BCUT2D eigenvalue weighted by molar-refractivity contribution is 7.89. The van der Waals surface area contributed by atoms with Crippen molar-refractivity contribution in [3.05, 3.63) is 53.9 Å². The van der Waals surface area contributed by atoms with Crippen LogP contribution in [0, 0.1) is 0 Å². The Morgan fingerprint density at radius 3 is 2.56 bits per heavy atom. The summed E-state index contributed by atoms with van der Waals surface area (Å²) in [4.78, 5) is 20.2. The summed E-state index contributed by atoms with van der Waals surface area (Å²) in [5.41, 5.74) is 3.77. The van der Waals surface area contributed by atoms with E-state index < -0.39 is 10.0 Å². The van der Waals surface area contributed by atoms with Crippen LogP contribution in [0.2, 0.25) is 0 Å². The number of fused-ring (bicyclic) bond motifs is 2. The summed E-state index contributed by atoms with van der Waals surface area (Å²) in [6.45, 7) is 9.36. The van der Waals surface area contributed by atoms with E-state index in [4.69, 9.17) is 4.98 Å². The number of rotatable bonds is 8. The van der Waals surface area contributed by atoms with Crippen LogP contribution in [-0.4, -0.2) is 47.3 Å². The van der Waals surface area contributed by atoms with E-state index in [0.29, 0.717) is 38.0 Å². The van der Waals surface area contributed by atoms with Gasteiger partial charge in [-0.05, 0) is 56.5 Å². The van der Waals surface area contributed by atoms with E-state index in [1.807, 2.05) is 49.9 Å². The Morgan fingerprint density at radius 2 is 1.85 bits per heavy atom. The molecule has 182 valence electrons. The summed E-state index contributed by atoms with van der Waals surface area (Å²) in [6, 6.07) is 13.4. The molecule has 4 rings (SSSR count). The molecule has 1 atom stereocenters. The molecular formula is C26H34N4O3S. The highest BCUT2D eigenvalue weighted by Gasteiger charge is 2.28. The number of nitrogens with zero attached hydrogens (tertiary/aromatic N) is 4. The van der Waals surface area contributed by atoms with Gasteiger partial charge < -0.3 is 9.47 Å². The molecule has 0 N–H and O–H groups in total. The fourth-order valence-electron chi connectivity index (χ4n) is 4.98. The molecule has 1 aromatic heterocycles. The second-order valence-electron chi connectivity index (χ2n) is 8.79. The van der Waals surface area contributed by atoms with Gasteiger partial charge in [-0.2, -0.15) is 4.31 Å². The maximum atomic E-state index is 13.3. The van der Waals surface area contributed by atoms with Crippen LogP contribution in [-0.2, 0) is 34.2 Å². The van der Waals surface area contributed by atoms with Gasteiger partial charge in [-0.25, -0.2) is 13.4 Å². The van der Waals surface area contributed by atoms with Crippen molar-refractivity contribution in [2.75, 3.05) is 18.0 Å². The van der Waals surface area contributed by atoms with Gasteiger partial charge in [0.1, 0.15) is 5.82 Å². The topological polar surface area (TPSA) is 75.5 Å². The highest BCUT2D eigenvalue weighted by atomic mass is 32.2. The SMILES string of the molecule is CCN(CC)S(=O)(=O)c1ccc2c(c1)nc(CCC(=O)N1c3ccccc3CCC1C)n2CC. The van der Waals surface area contributed by atoms with E-state index in [-0.39, 0.29) is 16.8 Å². The fourth-order valence-corrected chi connectivity index (χ4v) is 6.46. The molecule has 2 aromatic carbocycles. The van der Waals surface area contributed by atoms with Gasteiger partial charge >= 0.3 is 0 Å². The first-order chi connectivity index (χ1) is 16.3. The molecule has 0 fully saturated rings. The van der Waals surface area contributed by atoms with E-state index >= 15 is 0 Å². The first kappa shape index (κ1) is 24.4. The lowest BCUT2D eigenvalue weighted by Gasteiger charge is -2.35. The molecule has 0 saturated heterocycles. The third-order valence-electron chi connectivity index (χ3n) is 6.81. The first-order valence-corrected chi connectivity index (χ1v) is 13.6. The minimum atomic E-state index is -3.55. The Hall–Kier alpha value is -2.71. The third-order valence-corrected chi connectivity index (χ3v) is 8.86. The molecule has 34 heavy (non-hydrogen) atoms. The van der Waals surface area contributed by atoms with Gasteiger partial charge in [-0.3, -0.25) is 4.79 Å². The zero-order valence-electron chi connectivity index (χ0n) is 20.5. The summed E-state index contributed by atoms with van der Waals surface area (Å²) in [5, 5.41) is 0. The molecule has 3 aromatic rings. The van der Waals surface area contributed by atoms with E-state index in [0.717, 1.165) is 29.9 Å². The molecule has 0 spiro atoms. The number of hydrogen-bond acceptors (Lipinski definition) is 4. The number of imidazole rings is 1. The van der Waals surface area contributed by atoms with Crippen LogP contribution in [0.3, 0.4) is 0 Å². The number of anilines is 1. The molecule has 7 nitrogen and oxygen atoms in total. The van der Waals surface area contributed by atoms with Crippen LogP contribution >= 0.6 is 0 Å². The smallest absolute Gasteiger partial charge is 0.243 e. The average Bonchev–Trinajstić information content (AvgIpc) is 3.19. The van der Waals surface area contributed by atoms with Crippen molar-refractivity contribution < 1.29 is 13.2 Å². The zero-order valence-corrected chi connectivity index (χ0v) is 21.3. The number of carbonyl (C=O) groups excluding carboxylic acids is 1. The molecule has 1 aliphatic heterocycles. The summed E-state index contributed by atoms with van der Waals surface area (Å²) in [7, 11) is -3.55. The van der Waals surface area contributed by atoms with E-state index in [9.17, 15) is 13.2 Å². The Morgan fingerprint density at radius 1 is 1.12 bits per heavy atom. The largest absolute Gasteiger partial charge is 0.328 e. The Labute approximate surface area is 202 Å². The summed E-state index contributed by atoms with van der Waals surface area (Å²) >= 11 is 0. The maximum Gasteiger partial charge on any atom is 0.243 e. The van der Waals surface area contributed by atoms with Crippen molar-refractivity contribution in [3.8, 4) is 0 Å². The van der Waals surface area contributed by atoms with Crippen LogP contribution in [0.4, 0.5) is 5.69 Å². The normalized spacial score (nSPS) is 16.3. The fraction of sp³-hybridized carbons (Fsp3) is 0.462. The molecule has 0 aliphatic carbocycles. The number of hydrogen-bond donors (Lipinski definition) is 0. The van der Waals surface area contributed by atoms with Crippen LogP contribution in [0.1, 0.15) is 51.9 Å². The number of carbonyl (C=O) groups is 1. The molecule has 1 aliphatic rings. The number of amides is 1. The standard InChI is InChI=1S/C26H34N4O3S/c1-5-28(6-2)34(32,33)21-14-15-24-22(18-21)27-25(29(24)7-3)16-17-26(31)30-19(4)12-13-20-10-8-9-11-23(20)30/h8-11,14-15,18-19H,5-7,12-13,16-17H2,1-4H3. The van der Waals surface area contributed by atoms with Crippen molar-refractivity contribution in [2.24, 2.45) is 0 Å². The van der Waals surface area contributed by atoms with Crippen molar-refractivity contribution in [1.82, 2.24) is 13.9 Å². The number of aryl methyl sites for hydroxylation is 3. The van der Waals surface area contributed by atoms with Crippen molar-refractivity contribution in [3.63, 3.8) is 0 Å². The van der Waals surface area contributed by atoms with Crippen LogP contribution in [0.5, 0.6) is 0 Å². The highest BCUT2D eigenvalue weighted by Crippen LogP contribution is 2.31. The quantitative estimate of drug-likeness (QED) is 0.477. The lowest BCUT2D eigenvalue weighted by atomic mass is 9.96. The molecule has 0 saturated carbocycles. The van der Waals surface area contributed by atoms with Gasteiger partial charge in [0, 0.05) is 44.2 Å². The van der Waals surface area contributed by atoms with Gasteiger partial charge in [0.05, 0.1) is 15.9 Å². The molecule has 0 bridgehead atoms. The molecule has 1 unspecified atom stereocenters. The molecule has 1 amide bonds. The molecular weight excluding hydrogens is 448 g/mol. The molecule has 8 heteroatoms. The number of aromatic nitrogens is 2.